The van der Waals surface area contributed by atoms with Gasteiger partial charge in [0.25, 0.3) is 5.91 Å². The summed E-state index contributed by atoms with van der Waals surface area (Å²) in [6.45, 7) is 6.03. The average molecular weight is 388 g/mol. The number of rotatable bonds is 3. The molecule has 6 heteroatoms. The molecule has 2 aromatic heterocycles. The van der Waals surface area contributed by atoms with Crippen molar-refractivity contribution in [3.8, 4) is 11.3 Å². The maximum absolute atomic E-state index is 13.4. The fourth-order valence-corrected chi connectivity index (χ4v) is 3.68. The highest BCUT2D eigenvalue weighted by atomic mass is 16.2. The van der Waals surface area contributed by atoms with Crippen LogP contribution in [0, 0.1) is 5.92 Å². The van der Waals surface area contributed by atoms with Crippen molar-refractivity contribution in [3.63, 3.8) is 0 Å². The first kappa shape index (κ1) is 19.1. The van der Waals surface area contributed by atoms with Crippen molar-refractivity contribution >= 4 is 22.7 Å². The summed E-state index contributed by atoms with van der Waals surface area (Å²) in [6.07, 6.45) is 3.47. The van der Waals surface area contributed by atoms with Crippen molar-refractivity contribution < 1.29 is 9.59 Å². The van der Waals surface area contributed by atoms with E-state index in [-0.39, 0.29) is 17.7 Å². The van der Waals surface area contributed by atoms with E-state index in [9.17, 15) is 9.59 Å². The van der Waals surface area contributed by atoms with Crippen molar-refractivity contribution in [2.45, 2.75) is 13.8 Å². The van der Waals surface area contributed by atoms with Gasteiger partial charge in [-0.3, -0.25) is 14.6 Å². The van der Waals surface area contributed by atoms with Crippen molar-refractivity contribution in [2.24, 2.45) is 5.92 Å². The zero-order valence-electron chi connectivity index (χ0n) is 16.7. The molecule has 0 atom stereocenters. The van der Waals surface area contributed by atoms with Gasteiger partial charge in [-0.2, -0.15) is 0 Å². The number of amides is 2. The van der Waals surface area contributed by atoms with Crippen LogP contribution in [0.3, 0.4) is 0 Å². The van der Waals surface area contributed by atoms with Gasteiger partial charge in [-0.05, 0) is 24.3 Å². The van der Waals surface area contributed by atoms with Gasteiger partial charge in [-0.25, -0.2) is 4.98 Å². The lowest BCUT2D eigenvalue weighted by atomic mass is 10.0. The second-order valence-corrected chi connectivity index (χ2v) is 7.59. The summed E-state index contributed by atoms with van der Waals surface area (Å²) in [4.78, 5) is 38.2. The highest BCUT2D eigenvalue weighted by molar-refractivity contribution is 6.07. The summed E-state index contributed by atoms with van der Waals surface area (Å²) in [5, 5.41) is 0.839. The number of pyridine rings is 2. The van der Waals surface area contributed by atoms with Crippen molar-refractivity contribution in [1.29, 1.82) is 0 Å². The average Bonchev–Trinajstić information content (AvgIpc) is 2.78. The Bertz CT molecular complexity index is 1040. The second-order valence-electron chi connectivity index (χ2n) is 7.59. The van der Waals surface area contributed by atoms with E-state index in [1.165, 1.54) is 0 Å². The van der Waals surface area contributed by atoms with E-state index in [0.29, 0.717) is 31.7 Å². The molecule has 3 heterocycles. The summed E-state index contributed by atoms with van der Waals surface area (Å²) >= 11 is 0. The topological polar surface area (TPSA) is 66.4 Å². The number of benzene rings is 1. The Kier molecular flexibility index (Phi) is 5.25. The molecule has 0 saturated carbocycles. The molecule has 4 rings (SSSR count). The number of fused-ring (bicyclic) bond motifs is 1. The lowest BCUT2D eigenvalue weighted by molar-refractivity contribution is -0.135. The Morgan fingerprint density at radius 1 is 0.966 bits per heavy atom. The van der Waals surface area contributed by atoms with Gasteiger partial charge in [0.15, 0.2) is 0 Å². The van der Waals surface area contributed by atoms with Gasteiger partial charge >= 0.3 is 0 Å². The van der Waals surface area contributed by atoms with Crippen molar-refractivity contribution in [1.82, 2.24) is 19.8 Å². The normalized spacial score (nSPS) is 14.4. The Labute approximate surface area is 170 Å². The summed E-state index contributed by atoms with van der Waals surface area (Å²) in [6, 6.07) is 13.4. The maximum atomic E-state index is 13.4. The van der Waals surface area contributed by atoms with E-state index in [1.54, 1.807) is 12.4 Å². The van der Waals surface area contributed by atoms with Crippen LogP contribution in [0.4, 0.5) is 0 Å². The molecule has 2 amide bonds. The van der Waals surface area contributed by atoms with Crippen LogP contribution in [-0.4, -0.2) is 57.8 Å². The Morgan fingerprint density at radius 2 is 1.69 bits per heavy atom. The monoisotopic (exact) mass is 388 g/mol. The first-order valence-electron chi connectivity index (χ1n) is 9.93. The van der Waals surface area contributed by atoms with Crippen LogP contribution < -0.4 is 0 Å². The number of carbonyl (C=O) groups is 2. The van der Waals surface area contributed by atoms with Crippen LogP contribution in [0.1, 0.15) is 24.2 Å². The van der Waals surface area contributed by atoms with E-state index in [2.05, 4.69) is 4.98 Å². The van der Waals surface area contributed by atoms with Crippen LogP contribution in [0.15, 0.2) is 54.9 Å². The molecule has 1 saturated heterocycles. The van der Waals surface area contributed by atoms with Crippen molar-refractivity contribution in [3.05, 3.63) is 60.4 Å². The number of aromatic nitrogens is 2. The molecule has 3 aromatic rings. The molecule has 1 aliphatic heterocycles. The molecule has 6 nitrogen and oxygen atoms in total. The predicted octanol–water partition coefficient (Wildman–Crippen LogP) is 3.24. The second kappa shape index (κ2) is 7.99. The molecule has 0 spiro atoms. The molecule has 1 fully saturated rings. The number of hydrogen-bond acceptors (Lipinski definition) is 4. The Balaban J connectivity index is 1.65. The van der Waals surface area contributed by atoms with Gasteiger partial charge in [0.1, 0.15) is 0 Å². The summed E-state index contributed by atoms with van der Waals surface area (Å²) < 4.78 is 0. The van der Waals surface area contributed by atoms with E-state index in [0.717, 1.165) is 22.2 Å². The standard InChI is InChI=1S/C23H24N4O2/c1-16(2)22(28)26-10-12-27(13-11-26)23(29)19-14-21(17-6-5-9-24-15-17)25-20-8-4-3-7-18(19)20/h3-9,14-16H,10-13H2,1-2H3. The molecule has 1 aromatic carbocycles. The zero-order chi connectivity index (χ0) is 20.4. The lowest BCUT2D eigenvalue weighted by Crippen LogP contribution is -2.51. The van der Waals surface area contributed by atoms with Crippen LogP contribution in [-0.2, 0) is 4.79 Å². The van der Waals surface area contributed by atoms with Crippen LogP contribution >= 0.6 is 0 Å². The number of hydrogen-bond donors (Lipinski definition) is 0. The summed E-state index contributed by atoms with van der Waals surface area (Å²) in [7, 11) is 0. The predicted molar refractivity (Wildman–Crippen MR) is 112 cm³/mol. The van der Waals surface area contributed by atoms with E-state index in [1.807, 2.05) is 66.1 Å². The van der Waals surface area contributed by atoms with Gasteiger partial charge in [0.05, 0.1) is 16.8 Å². The third-order valence-electron chi connectivity index (χ3n) is 5.28. The first-order valence-corrected chi connectivity index (χ1v) is 9.93. The molecule has 148 valence electrons. The minimum Gasteiger partial charge on any atom is -0.339 e. The fourth-order valence-electron chi connectivity index (χ4n) is 3.68. The molecule has 0 aliphatic carbocycles. The number of piperazine rings is 1. The molecular weight excluding hydrogens is 364 g/mol. The number of nitrogens with zero attached hydrogens (tertiary/aromatic N) is 4. The van der Waals surface area contributed by atoms with E-state index < -0.39 is 0 Å². The van der Waals surface area contributed by atoms with E-state index in [4.69, 9.17) is 4.98 Å². The largest absolute Gasteiger partial charge is 0.339 e. The van der Waals surface area contributed by atoms with Crippen LogP contribution in [0.25, 0.3) is 22.2 Å². The first-order chi connectivity index (χ1) is 14.0. The van der Waals surface area contributed by atoms with Crippen LogP contribution in [0.2, 0.25) is 0 Å². The zero-order valence-corrected chi connectivity index (χ0v) is 16.7. The molecule has 1 aliphatic rings. The Hall–Kier alpha value is -3.28. The Morgan fingerprint density at radius 3 is 2.38 bits per heavy atom. The smallest absolute Gasteiger partial charge is 0.254 e. The molecular formula is C23H24N4O2. The maximum Gasteiger partial charge on any atom is 0.254 e. The van der Waals surface area contributed by atoms with Gasteiger partial charge in [-0.15, -0.1) is 0 Å². The quantitative estimate of drug-likeness (QED) is 0.691. The molecule has 0 N–H and O–H groups in total. The third kappa shape index (κ3) is 3.83. The van der Waals surface area contributed by atoms with Crippen molar-refractivity contribution in [2.75, 3.05) is 26.2 Å². The number of carbonyl (C=O) groups excluding carboxylic acids is 2. The molecule has 0 radical (unpaired) electrons. The van der Waals surface area contributed by atoms with E-state index >= 15 is 0 Å². The minimum atomic E-state index is -0.0246. The lowest BCUT2D eigenvalue weighted by Gasteiger charge is -2.35. The molecule has 0 bridgehead atoms. The summed E-state index contributed by atoms with van der Waals surface area (Å²) in [5.41, 5.74) is 3.03. The third-order valence-corrected chi connectivity index (χ3v) is 5.28. The van der Waals surface area contributed by atoms with Gasteiger partial charge < -0.3 is 9.80 Å². The number of para-hydroxylation sites is 1. The van der Waals surface area contributed by atoms with Gasteiger partial charge in [0.2, 0.25) is 5.91 Å². The highest BCUT2D eigenvalue weighted by Crippen LogP contribution is 2.26. The van der Waals surface area contributed by atoms with Crippen LogP contribution in [0.5, 0.6) is 0 Å². The van der Waals surface area contributed by atoms with Gasteiger partial charge in [-0.1, -0.05) is 32.0 Å². The minimum absolute atomic E-state index is 0.0228. The molecule has 0 unspecified atom stereocenters. The van der Waals surface area contributed by atoms with Gasteiger partial charge in [0, 0.05) is 55.4 Å². The molecule has 29 heavy (non-hydrogen) atoms. The SMILES string of the molecule is CC(C)C(=O)N1CCN(C(=O)c2cc(-c3cccnc3)nc3ccccc23)CC1. The highest BCUT2D eigenvalue weighted by Gasteiger charge is 2.27. The summed E-state index contributed by atoms with van der Waals surface area (Å²) in [5.74, 6) is 0.0964. The fraction of sp³-hybridized carbons (Fsp3) is 0.304.